The number of benzene rings is 1. The molecule has 0 saturated carbocycles. The van der Waals surface area contributed by atoms with E-state index in [1.807, 2.05) is 24.3 Å². The smallest absolute Gasteiger partial charge is 0.223 e. The van der Waals surface area contributed by atoms with E-state index in [4.69, 9.17) is 23.2 Å². The molecule has 2 heterocycles. The molecule has 6 heteroatoms. The number of hydrogen-bond acceptors (Lipinski definition) is 4. The number of aromatic nitrogens is 3. The average Bonchev–Trinajstić information content (AvgIpc) is 2.54. The van der Waals surface area contributed by atoms with E-state index >= 15 is 0 Å². The summed E-state index contributed by atoms with van der Waals surface area (Å²) in [7, 11) is 0. The van der Waals surface area contributed by atoms with E-state index in [-0.39, 0.29) is 0 Å². The SMILES string of the molecule is Clc1ccc(-c2ccnc(NCc3cccnc3)n2)c(Cl)c1. The summed E-state index contributed by atoms with van der Waals surface area (Å²) in [5.74, 6) is 0.535. The third-order valence-electron chi connectivity index (χ3n) is 3.04. The highest BCUT2D eigenvalue weighted by atomic mass is 35.5. The van der Waals surface area contributed by atoms with Crippen molar-refractivity contribution in [1.29, 1.82) is 0 Å². The fourth-order valence-corrected chi connectivity index (χ4v) is 2.48. The van der Waals surface area contributed by atoms with E-state index in [9.17, 15) is 0 Å². The first kappa shape index (κ1) is 14.8. The van der Waals surface area contributed by atoms with Crippen molar-refractivity contribution in [2.24, 2.45) is 0 Å². The first-order chi connectivity index (χ1) is 10.7. The van der Waals surface area contributed by atoms with Gasteiger partial charge >= 0.3 is 0 Å². The highest BCUT2D eigenvalue weighted by Gasteiger charge is 2.07. The summed E-state index contributed by atoms with van der Waals surface area (Å²) in [5.41, 5.74) is 2.62. The first-order valence-electron chi connectivity index (χ1n) is 6.63. The monoisotopic (exact) mass is 330 g/mol. The lowest BCUT2D eigenvalue weighted by atomic mass is 10.1. The molecule has 0 unspecified atom stereocenters. The Morgan fingerprint density at radius 3 is 2.73 bits per heavy atom. The molecule has 1 aromatic carbocycles. The molecule has 0 fully saturated rings. The molecule has 0 aliphatic rings. The van der Waals surface area contributed by atoms with Crippen LogP contribution in [0.2, 0.25) is 10.0 Å². The quantitative estimate of drug-likeness (QED) is 0.767. The van der Waals surface area contributed by atoms with Gasteiger partial charge in [0.2, 0.25) is 5.95 Å². The average molecular weight is 331 g/mol. The van der Waals surface area contributed by atoms with Crippen LogP contribution in [0.1, 0.15) is 5.56 Å². The lowest BCUT2D eigenvalue weighted by Gasteiger charge is -2.08. The van der Waals surface area contributed by atoms with Crippen LogP contribution in [0.5, 0.6) is 0 Å². The highest BCUT2D eigenvalue weighted by molar-refractivity contribution is 6.36. The fraction of sp³-hybridized carbons (Fsp3) is 0.0625. The van der Waals surface area contributed by atoms with Gasteiger partial charge in [-0.25, -0.2) is 9.97 Å². The van der Waals surface area contributed by atoms with Gasteiger partial charge in [-0.3, -0.25) is 4.98 Å². The van der Waals surface area contributed by atoms with Crippen LogP contribution in [0.3, 0.4) is 0 Å². The predicted octanol–water partition coefficient (Wildman–Crippen LogP) is 4.46. The molecule has 1 N–H and O–H groups in total. The number of nitrogens with zero attached hydrogens (tertiary/aromatic N) is 3. The van der Waals surface area contributed by atoms with Crippen molar-refractivity contribution in [2.45, 2.75) is 6.54 Å². The van der Waals surface area contributed by atoms with Crippen LogP contribution in [-0.4, -0.2) is 15.0 Å². The molecule has 4 nitrogen and oxygen atoms in total. The largest absolute Gasteiger partial charge is 0.350 e. The number of halogens is 2. The van der Waals surface area contributed by atoms with E-state index in [0.29, 0.717) is 22.5 Å². The number of rotatable bonds is 4. The van der Waals surface area contributed by atoms with E-state index in [1.165, 1.54) is 0 Å². The molecule has 0 saturated heterocycles. The summed E-state index contributed by atoms with van der Waals surface area (Å²) in [6, 6.07) is 11.0. The zero-order chi connectivity index (χ0) is 15.4. The Bertz CT molecular complexity index is 778. The molecule has 2 aromatic heterocycles. The lowest BCUT2D eigenvalue weighted by molar-refractivity contribution is 1.04. The second kappa shape index (κ2) is 6.73. The van der Waals surface area contributed by atoms with Crippen molar-refractivity contribution < 1.29 is 0 Å². The second-order valence-corrected chi connectivity index (χ2v) is 5.45. The molecule has 0 aliphatic carbocycles. The Morgan fingerprint density at radius 2 is 1.95 bits per heavy atom. The molecule has 0 radical (unpaired) electrons. The summed E-state index contributed by atoms with van der Waals surface area (Å²) < 4.78 is 0. The Kier molecular flexibility index (Phi) is 4.51. The molecule has 0 bridgehead atoms. The van der Waals surface area contributed by atoms with Crippen molar-refractivity contribution in [3.8, 4) is 11.3 Å². The molecule has 22 heavy (non-hydrogen) atoms. The van der Waals surface area contributed by atoms with E-state index < -0.39 is 0 Å². The van der Waals surface area contributed by atoms with Crippen molar-refractivity contribution in [3.63, 3.8) is 0 Å². The van der Waals surface area contributed by atoms with Crippen molar-refractivity contribution in [3.05, 3.63) is 70.6 Å². The maximum absolute atomic E-state index is 6.22. The van der Waals surface area contributed by atoms with Crippen LogP contribution in [0, 0.1) is 0 Å². The first-order valence-corrected chi connectivity index (χ1v) is 7.39. The highest BCUT2D eigenvalue weighted by Crippen LogP contribution is 2.29. The van der Waals surface area contributed by atoms with E-state index in [2.05, 4.69) is 20.3 Å². The van der Waals surface area contributed by atoms with E-state index in [1.54, 1.807) is 30.7 Å². The Balaban J connectivity index is 1.80. The topological polar surface area (TPSA) is 50.7 Å². The van der Waals surface area contributed by atoms with Crippen LogP contribution in [-0.2, 0) is 6.54 Å². The van der Waals surface area contributed by atoms with Gasteiger partial charge in [0.25, 0.3) is 0 Å². The second-order valence-electron chi connectivity index (χ2n) is 4.60. The van der Waals surface area contributed by atoms with Gasteiger partial charge in [-0.1, -0.05) is 29.3 Å². The molecular formula is C16H12Cl2N4. The molecule has 110 valence electrons. The van der Waals surface area contributed by atoms with Gasteiger partial charge in [-0.05, 0) is 35.9 Å². The minimum Gasteiger partial charge on any atom is -0.350 e. The van der Waals surface area contributed by atoms with Crippen molar-refractivity contribution in [1.82, 2.24) is 15.0 Å². The van der Waals surface area contributed by atoms with Gasteiger partial charge in [-0.15, -0.1) is 0 Å². The summed E-state index contributed by atoms with van der Waals surface area (Å²) in [5, 5.41) is 4.33. The third-order valence-corrected chi connectivity index (χ3v) is 3.58. The summed E-state index contributed by atoms with van der Waals surface area (Å²) in [4.78, 5) is 12.8. The van der Waals surface area contributed by atoms with E-state index in [0.717, 1.165) is 16.8 Å². The number of pyridine rings is 1. The fourth-order valence-electron chi connectivity index (χ4n) is 1.97. The van der Waals surface area contributed by atoms with Gasteiger partial charge in [0, 0.05) is 35.7 Å². The zero-order valence-corrected chi connectivity index (χ0v) is 13.0. The number of anilines is 1. The van der Waals surface area contributed by atoms with Gasteiger partial charge in [0.05, 0.1) is 10.7 Å². The predicted molar refractivity (Wildman–Crippen MR) is 89.1 cm³/mol. The lowest BCUT2D eigenvalue weighted by Crippen LogP contribution is -2.04. The minimum absolute atomic E-state index is 0.535. The maximum atomic E-state index is 6.22. The van der Waals surface area contributed by atoms with Gasteiger partial charge < -0.3 is 5.32 Å². The van der Waals surface area contributed by atoms with Crippen LogP contribution in [0.15, 0.2) is 55.0 Å². The number of nitrogens with one attached hydrogen (secondary N) is 1. The summed E-state index contributed by atoms with van der Waals surface area (Å²) in [6.07, 6.45) is 5.23. The Morgan fingerprint density at radius 1 is 1.05 bits per heavy atom. The standard InChI is InChI=1S/C16H12Cl2N4/c17-12-3-4-13(14(18)8-12)15-5-7-20-16(22-15)21-10-11-2-1-6-19-9-11/h1-9H,10H2,(H,20,21,22). The van der Waals surface area contributed by atoms with Crippen LogP contribution in [0.25, 0.3) is 11.3 Å². The molecule has 0 spiro atoms. The summed E-state index contributed by atoms with van der Waals surface area (Å²) in [6.45, 7) is 0.603. The Labute approximate surface area is 138 Å². The van der Waals surface area contributed by atoms with Gasteiger partial charge in [-0.2, -0.15) is 0 Å². The molecule has 0 aliphatic heterocycles. The molecule has 0 amide bonds. The van der Waals surface area contributed by atoms with Gasteiger partial charge in [0.15, 0.2) is 0 Å². The van der Waals surface area contributed by atoms with Crippen LogP contribution >= 0.6 is 23.2 Å². The van der Waals surface area contributed by atoms with Crippen LogP contribution in [0.4, 0.5) is 5.95 Å². The van der Waals surface area contributed by atoms with Crippen molar-refractivity contribution in [2.75, 3.05) is 5.32 Å². The molecule has 3 aromatic rings. The molecule has 3 rings (SSSR count). The van der Waals surface area contributed by atoms with Crippen LogP contribution < -0.4 is 5.32 Å². The molecular weight excluding hydrogens is 319 g/mol. The minimum atomic E-state index is 0.535. The summed E-state index contributed by atoms with van der Waals surface area (Å²) >= 11 is 12.1. The molecule has 0 atom stereocenters. The maximum Gasteiger partial charge on any atom is 0.223 e. The normalized spacial score (nSPS) is 10.5. The number of hydrogen-bond donors (Lipinski definition) is 1. The zero-order valence-electron chi connectivity index (χ0n) is 11.5. The van der Waals surface area contributed by atoms with Crippen molar-refractivity contribution >= 4 is 29.2 Å². The van der Waals surface area contributed by atoms with Gasteiger partial charge in [0.1, 0.15) is 0 Å². The third kappa shape index (κ3) is 3.53. The Hall–Kier alpha value is -2.17.